The van der Waals surface area contributed by atoms with Gasteiger partial charge in [0.25, 0.3) is 5.56 Å². The Hall–Kier alpha value is -4.70. The second-order valence-corrected chi connectivity index (χ2v) is 11.4. The Bertz CT molecular complexity index is 1870. The minimum absolute atomic E-state index is 0.241. The van der Waals surface area contributed by atoms with Gasteiger partial charge in [0.15, 0.2) is 16.3 Å². The number of carbonyl (C=O) groups is 1. The molecule has 0 aliphatic carbocycles. The lowest BCUT2D eigenvalue weighted by Gasteiger charge is -2.25. The van der Waals surface area contributed by atoms with Crippen molar-refractivity contribution in [2.24, 2.45) is 4.99 Å². The lowest BCUT2D eigenvalue weighted by Crippen LogP contribution is -2.40. The molecule has 8 nitrogen and oxygen atoms in total. The summed E-state index contributed by atoms with van der Waals surface area (Å²) in [5.41, 5.74) is 2.78. The van der Waals surface area contributed by atoms with E-state index in [0.717, 1.165) is 16.7 Å². The van der Waals surface area contributed by atoms with Crippen LogP contribution < -0.4 is 29.1 Å². The quantitative estimate of drug-likeness (QED) is 0.225. The van der Waals surface area contributed by atoms with Gasteiger partial charge in [-0.1, -0.05) is 41.7 Å². The summed E-state index contributed by atoms with van der Waals surface area (Å²) in [5.74, 6) is 0.868. The van der Waals surface area contributed by atoms with Crippen LogP contribution in [0, 0.1) is 5.82 Å². The largest absolute Gasteiger partial charge is 0.497 e. The zero-order valence-corrected chi connectivity index (χ0v) is 25.9. The van der Waals surface area contributed by atoms with Crippen LogP contribution in [0.25, 0.3) is 6.08 Å². The van der Waals surface area contributed by atoms with E-state index < -0.39 is 12.0 Å². The van der Waals surface area contributed by atoms with Gasteiger partial charge in [-0.2, -0.15) is 0 Å². The minimum atomic E-state index is -0.730. The molecule has 0 fully saturated rings. The molecule has 3 aromatic carbocycles. The Labute approximate surface area is 258 Å². The normalized spacial score (nSPS) is 14.7. The number of halogens is 1. The summed E-state index contributed by atoms with van der Waals surface area (Å²) in [6.07, 6.45) is 1.43. The van der Waals surface area contributed by atoms with E-state index in [0.29, 0.717) is 44.5 Å². The fraction of sp³-hybridized carbons (Fsp3) is 0.265. The number of fused-ring (bicyclic) bond motifs is 1. The van der Waals surface area contributed by atoms with Gasteiger partial charge in [-0.05, 0) is 86.9 Å². The van der Waals surface area contributed by atoms with Gasteiger partial charge in [-0.3, -0.25) is 9.36 Å². The van der Waals surface area contributed by atoms with Gasteiger partial charge >= 0.3 is 5.97 Å². The van der Waals surface area contributed by atoms with E-state index in [1.165, 1.54) is 23.5 Å². The summed E-state index contributed by atoms with van der Waals surface area (Å²) < 4.78 is 38.0. The van der Waals surface area contributed by atoms with Crippen molar-refractivity contribution in [3.63, 3.8) is 0 Å². The molecule has 0 saturated carbocycles. The van der Waals surface area contributed by atoms with Gasteiger partial charge in [0.2, 0.25) is 0 Å². The first-order valence-corrected chi connectivity index (χ1v) is 15.0. The number of nitrogens with zero attached hydrogens (tertiary/aromatic N) is 2. The number of hydrogen-bond donors (Lipinski definition) is 0. The van der Waals surface area contributed by atoms with Gasteiger partial charge in [0, 0.05) is 0 Å². The van der Waals surface area contributed by atoms with Crippen LogP contribution in [0.5, 0.6) is 17.2 Å². The lowest BCUT2D eigenvalue weighted by atomic mass is 9.96. The highest BCUT2D eigenvalue weighted by atomic mass is 32.1. The number of ether oxygens (including phenoxy) is 4. The van der Waals surface area contributed by atoms with Gasteiger partial charge in [-0.15, -0.1) is 0 Å². The molecule has 2 heterocycles. The molecule has 10 heteroatoms. The highest BCUT2D eigenvalue weighted by Crippen LogP contribution is 2.32. The second-order valence-electron chi connectivity index (χ2n) is 10.4. The number of thiazole rings is 1. The third-order valence-corrected chi connectivity index (χ3v) is 7.87. The molecule has 0 radical (unpaired) electrons. The number of esters is 1. The van der Waals surface area contributed by atoms with E-state index in [-0.39, 0.29) is 24.1 Å². The van der Waals surface area contributed by atoms with Crippen LogP contribution in [0.15, 0.2) is 87.8 Å². The molecule has 1 atom stereocenters. The zero-order valence-electron chi connectivity index (χ0n) is 25.1. The minimum Gasteiger partial charge on any atom is -0.497 e. The van der Waals surface area contributed by atoms with Crippen molar-refractivity contribution in [2.75, 3.05) is 13.7 Å². The maximum atomic E-state index is 14.0. The monoisotopic (exact) mass is 616 g/mol. The molecule has 0 bridgehead atoms. The summed E-state index contributed by atoms with van der Waals surface area (Å²) in [5, 5.41) is 0. The van der Waals surface area contributed by atoms with Crippen molar-refractivity contribution in [3.05, 3.63) is 120 Å². The Morgan fingerprint density at radius 1 is 1.05 bits per heavy atom. The molecular formula is C34H33FN2O6S. The standard InChI is InChI=1S/C34H33FN2O6S/c1-6-41-28-17-23(9-16-27(28)42-19-22-7-12-25(35)13-8-22)18-29-32(38)37-31(24-10-14-26(40-5)15-11-24)30(33(39)43-20(2)3)21(4)36-34(37)44-29/h7-18,20,31H,6,19H2,1-5H3/b29-18+. The molecule has 4 aromatic rings. The summed E-state index contributed by atoms with van der Waals surface area (Å²) in [4.78, 5) is 32.4. The molecule has 1 aliphatic heterocycles. The summed E-state index contributed by atoms with van der Waals surface area (Å²) >= 11 is 1.24. The molecule has 0 amide bonds. The summed E-state index contributed by atoms with van der Waals surface area (Å²) in [6.45, 7) is 7.84. The first-order valence-electron chi connectivity index (χ1n) is 14.2. The highest BCUT2D eigenvalue weighted by molar-refractivity contribution is 7.07. The average Bonchev–Trinajstić information content (AvgIpc) is 3.30. The molecule has 0 saturated heterocycles. The second kappa shape index (κ2) is 13.3. The van der Waals surface area contributed by atoms with Gasteiger partial charge in [-0.25, -0.2) is 14.2 Å². The van der Waals surface area contributed by atoms with Crippen molar-refractivity contribution in [2.45, 2.75) is 46.4 Å². The Kier molecular flexibility index (Phi) is 9.29. The van der Waals surface area contributed by atoms with Gasteiger partial charge in [0.05, 0.1) is 41.7 Å². The average molecular weight is 617 g/mol. The summed E-state index contributed by atoms with van der Waals surface area (Å²) in [7, 11) is 1.58. The molecule has 228 valence electrons. The number of allylic oxidation sites excluding steroid dienone is 1. The Balaban J connectivity index is 1.55. The predicted molar refractivity (Wildman–Crippen MR) is 166 cm³/mol. The SMILES string of the molecule is CCOc1cc(/C=c2/sc3n(c2=O)C(c2ccc(OC)cc2)C(C(=O)OC(C)C)=C(C)N=3)ccc1OCc1ccc(F)cc1. The third-order valence-electron chi connectivity index (χ3n) is 6.89. The molecule has 0 N–H and O–H groups in total. The smallest absolute Gasteiger partial charge is 0.338 e. The van der Waals surface area contributed by atoms with Crippen LogP contribution in [0.3, 0.4) is 0 Å². The van der Waals surface area contributed by atoms with Crippen molar-refractivity contribution >= 4 is 23.4 Å². The molecular weight excluding hydrogens is 583 g/mol. The Morgan fingerprint density at radius 2 is 1.77 bits per heavy atom. The van der Waals surface area contributed by atoms with E-state index >= 15 is 0 Å². The third kappa shape index (κ3) is 6.60. The Morgan fingerprint density at radius 3 is 2.43 bits per heavy atom. The predicted octanol–water partition coefficient (Wildman–Crippen LogP) is 5.31. The maximum absolute atomic E-state index is 14.0. The number of rotatable bonds is 10. The lowest BCUT2D eigenvalue weighted by molar-refractivity contribution is -0.143. The molecule has 1 aromatic heterocycles. The van der Waals surface area contributed by atoms with Crippen molar-refractivity contribution in [1.82, 2.24) is 4.57 Å². The van der Waals surface area contributed by atoms with Crippen LogP contribution in [0.2, 0.25) is 0 Å². The molecule has 1 aliphatic rings. The van der Waals surface area contributed by atoms with Crippen molar-refractivity contribution in [1.29, 1.82) is 0 Å². The van der Waals surface area contributed by atoms with E-state index in [1.807, 2.05) is 25.1 Å². The zero-order chi connectivity index (χ0) is 31.4. The maximum Gasteiger partial charge on any atom is 0.338 e. The number of benzene rings is 3. The van der Waals surface area contributed by atoms with E-state index in [1.54, 1.807) is 74.9 Å². The number of methoxy groups -OCH3 is 1. The molecule has 44 heavy (non-hydrogen) atoms. The fourth-order valence-electron chi connectivity index (χ4n) is 4.86. The van der Waals surface area contributed by atoms with Crippen LogP contribution in [0.1, 0.15) is 50.4 Å². The topological polar surface area (TPSA) is 88.4 Å². The van der Waals surface area contributed by atoms with Gasteiger partial charge in [0.1, 0.15) is 18.2 Å². The highest BCUT2D eigenvalue weighted by Gasteiger charge is 2.33. The number of hydrogen-bond acceptors (Lipinski definition) is 8. The summed E-state index contributed by atoms with van der Waals surface area (Å²) in [6, 6.07) is 18.0. The number of carbonyl (C=O) groups excluding carboxylic acids is 1. The van der Waals surface area contributed by atoms with Crippen LogP contribution >= 0.6 is 11.3 Å². The fourth-order valence-corrected chi connectivity index (χ4v) is 5.90. The van der Waals surface area contributed by atoms with Crippen molar-refractivity contribution < 1.29 is 28.1 Å². The molecule has 0 spiro atoms. The molecule has 5 rings (SSSR count). The van der Waals surface area contributed by atoms with E-state index in [2.05, 4.69) is 4.99 Å². The van der Waals surface area contributed by atoms with Gasteiger partial charge < -0.3 is 18.9 Å². The number of aromatic nitrogens is 1. The first kappa shape index (κ1) is 30.7. The van der Waals surface area contributed by atoms with Crippen LogP contribution in [-0.4, -0.2) is 30.4 Å². The van der Waals surface area contributed by atoms with E-state index in [9.17, 15) is 14.0 Å². The van der Waals surface area contributed by atoms with Crippen molar-refractivity contribution in [3.8, 4) is 17.2 Å². The van der Waals surface area contributed by atoms with Crippen LogP contribution in [-0.2, 0) is 16.1 Å². The van der Waals surface area contributed by atoms with Crippen LogP contribution in [0.4, 0.5) is 4.39 Å². The van der Waals surface area contributed by atoms with E-state index in [4.69, 9.17) is 18.9 Å². The molecule has 1 unspecified atom stereocenters. The first-order chi connectivity index (χ1) is 21.2.